The summed E-state index contributed by atoms with van der Waals surface area (Å²) in [5.41, 5.74) is 1.81. The summed E-state index contributed by atoms with van der Waals surface area (Å²) < 4.78 is 0. The third kappa shape index (κ3) is 8.34. The maximum Gasteiger partial charge on any atom is 0.152 e. The maximum absolute atomic E-state index is 10.5. The minimum absolute atomic E-state index is 0.0167. The molecule has 0 aliphatic carbocycles. The van der Waals surface area contributed by atoms with Crippen molar-refractivity contribution in [2.75, 3.05) is 0 Å². The number of carbonyl (C=O) groups excluding carboxylic acids is 2. The molecule has 0 aliphatic rings. The van der Waals surface area contributed by atoms with E-state index in [2.05, 4.69) is 0 Å². The van der Waals surface area contributed by atoms with Crippen molar-refractivity contribution in [3.05, 3.63) is 71.8 Å². The summed E-state index contributed by atoms with van der Waals surface area (Å²) in [7, 11) is 0. The number of carbonyl (C=O) groups is 2. The molecule has 4 heteroatoms. The van der Waals surface area contributed by atoms with Crippen molar-refractivity contribution in [2.24, 2.45) is 0 Å². The second-order valence-corrected chi connectivity index (χ2v) is 5.07. The molecule has 0 spiro atoms. The van der Waals surface area contributed by atoms with Gasteiger partial charge < -0.3 is 10.2 Å². The van der Waals surface area contributed by atoms with Crippen LogP contribution in [-0.4, -0.2) is 21.8 Å². The first kappa shape index (κ1) is 18.9. The lowest BCUT2D eigenvalue weighted by molar-refractivity contribution is -0.113. The standard InChI is InChI=1S/2C10H10O2/c2*1-8(11)2-3-9-4-6-10(12)7-5-9/h2*2-7,12H,1H3. The number of benzene rings is 2. The van der Waals surface area contributed by atoms with Crippen molar-refractivity contribution in [2.45, 2.75) is 13.8 Å². The van der Waals surface area contributed by atoms with Gasteiger partial charge in [-0.2, -0.15) is 0 Å². The van der Waals surface area contributed by atoms with Crippen LogP contribution < -0.4 is 0 Å². The maximum atomic E-state index is 10.5. The monoisotopic (exact) mass is 324 g/mol. The summed E-state index contributed by atoms with van der Waals surface area (Å²) in [5, 5.41) is 17.9. The number of rotatable bonds is 4. The third-order valence-electron chi connectivity index (χ3n) is 2.81. The lowest BCUT2D eigenvalue weighted by Crippen LogP contribution is -1.79. The van der Waals surface area contributed by atoms with Crippen molar-refractivity contribution in [1.29, 1.82) is 0 Å². The number of hydrogen-bond acceptors (Lipinski definition) is 4. The minimum atomic E-state index is 0.0167. The van der Waals surface area contributed by atoms with Crippen LogP contribution in [0.25, 0.3) is 12.2 Å². The molecule has 0 heterocycles. The van der Waals surface area contributed by atoms with Gasteiger partial charge in [-0.1, -0.05) is 36.4 Å². The Morgan fingerprint density at radius 2 is 0.958 bits per heavy atom. The van der Waals surface area contributed by atoms with Crippen molar-refractivity contribution in [3.8, 4) is 11.5 Å². The van der Waals surface area contributed by atoms with Crippen molar-refractivity contribution in [3.63, 3.8) is 0 Å². The molecule has 4 nitrogen and oxygen atoms in total. The van der Waals surface area contributed by atoms with Crippen LogP contribution >= 0.6 is 0 Å². The van der Waals surface area contributed by atoms with Crippen LogP contribution in [0, 0.1) is 0 Å². The van der Waals surface area contributed by atoms with E-state index in [0.717, 1.165) is 11.1 Å². The van der Waals surface area contributed by atoms with Gasteiger partial charge in [0, 0.05) is 0 Å². The Bertz CT molecular complexity index is 658. The van der Waals surface area contributed by atoms with Crippen LogP contribution in [0.15, 0.2) is 60.7 Å². The van der Waals surface area contributed by atoms with E-state index in [0.29, 0.717) is 0 Å². The Hall–Kier alpha value is -3.14. The summed E-state index contributed by atoms with van der Waals surface area (Å²) in [6, 6.07) is 13.3. The number of hydrogen-bond donors (Lipinski definition) is 2. The number of allylic oxidation sites excluding steroid dienone is 2. The normalized spacial score (nSPS) is 10.4. The number of ketones is 2. The minimum Gasteiger partial charge on any atom is -0.508 e. The van der Waals surface area contributed by atoms with E-state index >= 15 is 0 Å². The quantitative estimate of drug-likeness (QED) is 0.834. The number of phenols is 2. The molecule has 0 fully saturated rings. The topological polar surface area (TPSA) is 74.6 Å². The van der Waals surface area contributed by atoms with Gasteiger partial charge >= 0.3 is 0 Å². The fourth-order valence-electron chi connectivity index (χ4n) is 1.60. The Kier molecular flexibility index (Phi) is 7.71. The fourth-order valence-corrected chi connectivity index (χ4v) is 1.60. The fraction of sp³-hybridized carbons (Fsp3) is 0.100. The molecule has 24 heavy (non-hydrogen) atoms. The Balaban J connectivity index is 0.000000240. The van der Waals surface area contributed by atoms with Gasteiger partial charge in [0.05, 0.1) is 0 Å². The predicted molar refractivity (Wildman–Crippen MR) is 95.6 cm³/mol. The molecule has 2 rings (SSSR count). The summed E-state index contributed by atoms with van der Waals surface area (Å²) in [6.07, 6.45) is 6.41. The third-order valence-corrected chi connectivity index (χ3v) is 2.81. The first-order valence-corrected chi connectivity index (χ1v) is 7.32. The van der Waals surface area contributed by atoms with Gasteiger partial charge in [-0.05, 0) is 61.4 Å². The number of aromatic hydroxyl groups is 2. The highest BCUT2D eigenvalue weighted by atomic mass is 16.3. The van der Waals surface area contributed by atoms with Crippen molar-refractivity contribution in [1.82, 2.24) is 0 Å². The zero-order valence-electron chi connectivity index (χ0n) is 13.6. The molecule has 2 aromatic rings. The molecule has 124 valence electrons. The van der Waals surface area contributed by atoms with E-state index in [1.165, 1.54) is 26.0 Å². The lowest BCUT2D eigenvalue weighted by atomic mass is 10.2. The highest BCUT2D eigenvalue weighted by molar-refractivity contribution is 5.91. The Morgan fingerprint density at radius 3 is 1.21 bits per heavy atom. The van der Waals surface area contributed by atoms with Crippen molar-refractivity contribution < 1.29 is 19.8 Å². The first-order valence-electron chi connectivity index (χ1n) is 7.32. The zero-order chi connectivity index (χ0) is 17.9. The van der Waals surface area contributed by atoms with E-state index in [9.17, 15) is 9.59 Å². The molecule has 2 aromatic carbocycles. The van der Waals surface area contributed by atoms with Crippen LogP contribution in [0.4, 0.5) is 0 Å². The molecule has 0 atom stereocenters. The van der Waals surface area contributed by atoms with Crippen molar-refractivity contribution >= 4 is 23.7 Å². The van der Waals surface area contributed by atoms with Gasteiger partial charge in [0.1, 0.15) is 11.5 Å². The molecule has 0 aliphatic heterocycles. The SMILES string of the molecule is CC(=O)C=Cc1ccc(O)cc1.CC(=O)C=Cc1ccc(O)cc1. The van der Waals surface area contributed by atoms with Crippen LogP contribution in [0.1, 0.15) is 25.0 Å². The van der Waals surface area contributed by atoms with E-state index in [1.807, 2.05) is 0 Å². The molecule has 0 unspecified atom stereocenters. The smallest absolute Gasteiger partial charge is 0.152 e. The molecular weight excluding hydrogens is 304 g/mol. The highest BCUT2D eigenvalue weighted by Gasteiger charge is 1.89. The first-order chi connectivity index (χ1) is 11.4. The molecule has 0 saturated heterocycles. The highest BCUT2D eigenvalue weighted by Crippen LogP contribution is 2.11. The second-order valence-electron chi connectivity index (χ2n) is 5.07. The summed E-state index contributed by atoms with van der Waals surface area (Å²) in [6.45, 7) is 2.99. The van der Waals surface area contributed by atoms with Gasteiger partial charge in [-0.25, -0.2) is 0 Å². The van der Waals surface area contributed by atoms with Crippen LogP contribution in [0.2, 0.25) is 0 Å². The molecule has 0 aromatic heterocycles. The van der Waals surface area contributed by atoms with E-state index in [1.54, 1.807) is 60.7 Å². The number of phenolic OH excluding ortho intramolecular Hbond substituents is 2. The van der Waals surface area contributed by atoms with Gasteiger partial charge in [-0.3, -0.25) is 9.59 Å². The zero-order valence-corrected chi connectivity index (χ0v) is 13.6. The van der Waals surface area contributed by atoms with E-state index < -0.39 is 0 Å². The molecular formula is C20H20O4. The summed E-state index contributed by atoms with van der Waals surface area (Å²) in [5.74, 6) is 0.496. The Labute approximate surface area is 141 Å². The van der Waals surface area contributed by atoms with Gasteiger partial charge in [0.15, 0.2) is 11.6 Å². The van der Waals surface area contributed by atoms with E-state index in [-0.39, 0.29) is 23.1 Å². The summed E-state index contributed by atoms with van der Waals surface area (Å²) >= 11 is 0. The molecule has 0 radical (unpaired) electrons. The Morgan fingerprint density at radius 1 is 0.667 bits per heavy atom. The molecule has 0 bridgehead atoms. The largest absolute Gasteiger partial charge is 0.508 e. The van der Waals surface area contributed by atoms with Gasteiger partial charge in [-0.15, -0.1) is 0 Å². The van der Waals surface area contributed by atoms with Crippen LogP contribution in [0.3, 0.4) is 0 Å². The molecule has 0 amide bonds. The van der Waals surface area contributed by atoms with Crippen LogP contribution in [0.5, 0.6) is 11.5 Å². The second kappa shape index (κ2) is 9.79. The van der Waals surface area contributed by atoms with E-state index in [4.69, 9.17) is 10.2 Å². The predicted octanol–water partition coefficient (Wildman–Crippen LogP) is 3.99. The average molecular weight is 324 g/mol. The average Bonchev–Trinajstić information content (AvgIpc) is 2.54. The summed E-state index contributed by atoms with van der Waals surface area (Å²) in [4.78, 5) is 21.1. The van der Waals surface area contributed by atoms with Gasteiger partial charge in [0.2, 0.25) is 0 Å². The molecule has 2 N–H and O–H groups in total. The molecule has 0 saturated carbocycles. The lowest BCUT2D eigenvalue weighted by Gasteiger charge is -1.92. The van der Waals surface area contributed by atoms with Crippen LogP contribution in [-0.2, 0) is 9.59 Å². The van der Waals surface area contributed by atoms with Gasteiger partial charge in [0.25, 0.3) is 0 Å².